The van der Waals surface area contributed by atoms with E-state index in [2.05, 4.69) is 5.32 Å². The predicted octanol–water partition coefficient (Wildman–Crippen LogP) is 4.55. The number of nitrogens with one attached hydrogen (secondary N) is 1. The van der Waals surface area contributed by atoms with E-state index in [-0.39, 0.29) is 51.0 Å². The average Bonchev–Trinajstić information content (AvgIpc) is 2.97. The fourth-order valence-corrected chi connectivity index (χ4v) is 7.47. The van der Waals surface area contributed by atoms with Gasteiger partial charge in [-0.3, -0.25) is 13.7 Å². The molecular weight excluding hydrogens is 683 g/mol. The number of allylic oxidation sites excluding steroid dienone is 5. The highest BCUT2D eigenvalue weighted by Gasteiger charge is 2.30. The first-order valence-electron chi connectivity index (χ1n) is 14.3. The van der Waals surface area contributed by atoms with E-state index in [0.29, 0.717) is 16.8 Å². The molecule has 4 N–H and O–H groups in total. The molecule has 1 aliphatic rings. The summed E-state index contributed by atoms with van der Waals surface area (Å²) in [6.07, 6.45) is 4.33. The maximum atomic E-state index is 12.5. The first-order chi connectivity index (χ1) is 22.2. The smallest absolute Gasteiger partial charge is 0.301 e. The van der Waals surface area contributed by atoms with Crippen molar-refractivity contribution in [3.8, 4) is 5.75 Å². The van der Waals surface area contributed by atoms with E-state index in [4.69, 9.17) is 4.74 Å². The molecule has 0 aliphatic heterocycles. The van der Waals surface area contributed by atoms with Gasteiger partial charge in [0, 0.05) is 37.5 Å². The topological polar surface area (TPSA) is 191 Å². The van der Waals surface area contributed by atoms with Crippen molar-refractivity contribution in [2.24, 2.45) is 0 Å². The third kappa shape index (κ3) is 8.03. The molecule has 48 heavy (non-hydrogen) atoms. The van der Waals surface area contributed by atoms with E-state index in [1.165, 1.54) is 45.9 Å². The second-order valence-electron chi connectivity index (χ2n) is 11.2. The number of aryl methyl sites for hydroxylation is 1. The zero-order valence-corrected chi connectivity index (χ0v) is 29.4. The Balaban J connectivity index is 2.07. The van der Waals surface area contributed by atoms with Crippen LogP contribution in [0.15, 0.2) is 93.1 Å². The summed E-state index contributed by atoms with van der Waals surface area (Å²) in [4.78, 5) is 0.355. The summed E-state index contributed by atoms with van der Waals surface area (Å²) in [6, 6.07) is 13.5. The lowest BCUT2D eigenvalue weighted by Gasteiger charge is -2.22. The molecule has 0 aromatic heterocycles. The minimum Gasteiger partial charge on any atom is -0.493 e. The molecule has 256 valence electrons. The molecule has 0 bridgehead atoms. The van der Waals surface area contributed by atoms with Crippen LogP contribution in [0.3, 0.4) is 0 Å². The first kappa shape index (κ1) is 36.5. The molecule has 0 unspecified atom stereocenters. The fraction of sp³-hybridized carbons (Fsp3) is 0.219. The second kappa shape index (κ2) is 13.7. The molecule has 13 nitrogen and oxygen atoms in total. The molecule has 0 atom stereocenters. The minimum atomic E-state index is -4.74. The number of benzene rings is 3. The van der Waals surface area contributed by atoms with E-state index in [1.54, 1.807) is 78.4 Å². The minimum absolute atomic E-state index is 0.0941. The molecule has 0 saturated carbocycles. The summed E-state index contributed by atoms with van der Waals surface area (Å²) < 4.78 is 112. The molecule has 0 heterocycles. The van der Waals surface area contributed by atoms with Gasteiger partial charge in [0.15, 0.2) is 4.91 Å². The predicted molar refractivity (Wildman–Crippen MR) is 184 cm³/mol. The van der Waals surface area contributed by atoms with Crippen molar-refractivity contribution < 1.29 is 48.2 Å². The summed E-state index contributed by atoms with van der Waals surface area (Å²) in [5.74, 6) is 0.230. The van der Waals surface area contributed by atoms with Gasteiger partial charge in [0.05, 0.1) is 18.0 Å². The SMILES string of the molecule is CCOc1cc(Nc2ccc(C)cc2S(=O)(=O)O)ccc1C(=C1C=CC(=[N+](C)C)C(S(=O)(=O)O)=C1)c1ccc(N(C)C)c(S(=O)(=O)O)c1. The molecule has 3 aromatic carbocycles. The van der Waals surface area contributed by atoms with Crippen molar-refractivity contribution in [2.75, 3.05) is 45.0 Å². The number of nitrogens with zero attached hydrogens (tertiary/aromatic N) is 2. The Morgan fingerprint density at radius 1 is 0.833 bits per heavy atom. The number of hydrogen-bond donors (Lipinski definition) is 4. The van der Waals surface area contributed by atoms with Gasteiger partial charge in [-0.15, -0.1) is 0 Å². The van der Waals surface area contributed by atoms with Crippen LogP contribution >= 0.6 is 0 Å². The highest BCUT2D eigenvalue weighted by molar-refractivity contribution is 7.91. The van der Waals surface area contributed by atoms with Gasteiger partial charge in [-0.1, -0.05) is 12.1 Å². The number of anilines is 3. The highest BCUT2D eigenvalue weighted by atomic mass is 32.2. The van der Waals surface area contributed by atoms with E-state index >= 15 is 0 Å². The van der Waals surface area contributed by atoms with Gasteiger partial charge in [0.2, 0.25) is 5.71 Å². The molecule has 3 aromatic rings. The Morgan fingerprint density at radius 3 is 2.06 bits per heavy atom. The molecule has 0 radical (unpaired) electrons. The average molecular weight is 719 g/mol. The molecule has 0 saturated heterocycles. The lowest BCUT2D eigenvalue weighted by molar-refractivity contribution is -0.462. The van der Waals surface area contributed by atoms with E-state index in [1.807, 2.05) is 0 Å². The molecular formula is C32H36N3O10S3+. The van der Waals surface area contributed by atoms with Gasteiger partial charge >= 0.3 is 10.1 Å². The Bertz CT molecular complexity index is 2250. The molecule has 0 fully saturated rings. The van der Waals surface area contributed by atoms with Crippen molar-refractivity contribution in [1.82, 2.24) is 0 Å². The molecule has 16 heteroatoms. The lowest BCUT2D eigenvalue weighted by Crippen LogP contribution is -2.21. The van der Waals surface area contributed by atoms with Gasteiger partial charge in [-0.05, 0) is 84.7 Å². The van der Waals surface area contributed by atoms with Gasteiger partial charge in [0.1, 0.15) is 29.6 Å². The Morgan fingerprint density at radius 2 is 1.50 bits per heavy atom. The lowest BCUT2D eigenvalue weighted by atomic mass is 9.89. The largest absolute Gasteiger partial charge is 0.493 e. The van der Waals surface area contributed by atoms with Gasteiger partial charge in [-0.25, -0.2) is 4.58 Å². The Kier molecular flexibility index (Phi) is 10.4. The second-order valence-corrected chi connectivity index (χ2v) is 15.4. The zero-order chi connectivity index (χ0) is 35.8. The van der Waals surface area contributed by atoms with Gasteiger partial charge < -0.3 is 15.0 Å². The van der Waals surface area contributed by atoms with Crippen LogP contribution in [0.4, 0.5) is 17.1 Å². The Labute approximate surface area is 280 Å². The quantitative estimate of drug-likeness (QED) is 0.169. The first-order valence-corrected chi connectivity index (χ1v) is 18.6. The summed E-state index contributed by atoms with van der Waals surface area (Å²) >= 11 is 0. The zero-order valence-electron chi connectivity index (χ0n) is 27.0. The van der Waals surface area contributed by atoms with Crippen molar-refractivity contribution in [3.63, 3.8) is 0 Å². The summed E-state index contributed by atoms with van der Waals surface area (Å²) in [7, 11) is -7.64. The highest BCUT2D eigenvalue weighted by Crippen LogP contribution is 2.40. The van der Waals surface area contributed by atoms with Crippen LogP contribution < -0.4 is 15.0 Å². The van der Waals surface area contributed by atoms with Crippen molar-refractivity contribution in [2.45, 2.75) is 23.6 Å². The van der Waals surface area contributed by atoms with Gasteiger partial charge in [-0.2, -0.15) is 25.3 Å². The molecule has 1 aliphatic carbocycles. The van der Waals surface area contributed by atoms with E-state index < -0.39 is 40.2 Å². The van der Waals surface area contributed by atoms with Crippen LogP contribution in [-0.2, 0) is 30.4 Å². The summed E-state index contributed by atoms with van der Waals surface area (Å²) in [5.41, 5.74) is 2.59. The third-order valence-corrected chi connectivity index (χ3v) is 9.92. The van der Waals surface area contributed by atoms with E-state index in [9.17, 15) is 38.9 Å². The molecule has 0 amide bonds. The number of rotatable bonds is 10. The number of ether oxygens (including phenoxy) is 1. The standard InChI is InChI=1S/C32H35N3O10S3/c1-7-45-28-19-23(33-25-13-8-20(2)16-29(25)46(36,37)38)11-12-24(28)32(21-9-14-26(34(3)4)30(17-21)47(39,40)41)22-10-15-27(35(5)6)31(18-22)48(42,43)44/h8-19H,7H2,1-6H3,(H3,36,37,38,39,40,41,42,43,44)/p+1. The van der Waals surface area contributed by atoms with Crippen LogP contribution in [0.2, 0.25) is 0 Å². The van der Waals surface area contributed by atoms with Crippen LogP contribution in [0.5, 0.6) is 5.75 Å². The third-order valence-electron chi connectivity index (χ3n) is 7.26. The van der Waals surface area contributed by atoms with Crippen molar-refractivity contribution >= 4 is 58.7 Å². The van der Waals surface area contributed by atoms with Crippen molar-refractivity contribution in [3.05, 3.63) is 100.0 Å². The molecule has 0 spiro atoms. The summed E-state index contributed by atoms with van der Waals surface area (Å²) in [5, 5.41) is 2.98. The van der Waals surface area contributed by atoms with Crippen LogP contribution in [0.25, 0.3) is 5.57 Å². The normalized spacial score (nSPS) is 14.8. The number of hydrogen-bond acceptors (Lipinski definition) is 9. The van der Waals surface area contributed by atoms with Crippen LogP contribution in [-0.4, -0.2) is 84.0 Å². The van der Waals surface area contributed by atoms with Gasteiger partial charge in [0.25, 0.3) is 20.2 Å². The maximum Gasteiger partial charge on any atom is 0.301 e. The Hall–Kier alpha value is -4.32. The van der Waals surface area contributed by atoms with Crippen molar-refractivity contribution in [1.29, 1.82) is 0 Å². The maximum absolute atomic E-state index is 12.5. The monoisotopic (exact) mass is 718 g/mol. The summed E-state index contributed by atoms with van der Waals surface area (Å²) in [6.45, 7) is 3.57. The molecule has 4 rings (SSSR count). The van der Waals surface area contributed by atoms with Crippen LogP contribution in [0.1, 0.15) is 23.6 Å². The fourth-order valence-electron chi connectivity index (χ4n) is 5.15. The van der Waals surface area contributed by atoms with E-state index in [0.717, 1.165) is 0 Å². The van der Waals surface area contributed by atoms with Crippen LogP contribution in [0, 0.1) is 6.92 Å².